The van der Waals surface area contributed by atoms with Crippen molar-refractivity contribution in [1.29, 1.82) is 0 Å². The molecular weight excluding hydrogens is 267 g/mol. The number of rotatable bonds is 2. The lowest BCUT2D eigenvalue weighted by molar-refractivity contribution is 0.382. The Labute approximate surface area is 92.2 Å². The highest BCUT2D eigenvalue weighted by molar-refractivity contribution is 9.10. The first-order valence-electron chi connectivity index (χ1n) is 4.14. The Morgan fingerprint density at radius 2 is 2.33 bits per heavy atom. The number of halogens is 2. The molecule has 0 saturated heterocycles. The fourth-order valence-electron chi connectivity index (χ4n) is 1.18. The van der Waals surface area contributed by atoms with Crippen LogP contribution in [0.3, 0.4) is 0 Å². The Bertz CT molecular complexity index is 535. The van der Waals surface area contributed by atoms with Gasteiger partial charge < -0.3 is 0 Å². The van der Waals surface area contributed by atoms with Gasteiger partial charge in [-0.05, 0) is 33.6 Å². The molecule has 0 atom stereocenters. The summed E-state index contributed by atoms with van der Waals surface area (Å²) in [5.41, 5.74) is 0.709. The molecule has 0 bridgehead atoms. The topological polar surface area (TPSA) is 58.9 Å². The van der Waals surface area contributed by atoms with Gasteiger partial charge in [0.1, 0.15) is 5.82 Å². The van der Waals surface area contributed by atoms with Crippen LogP contribution in [-0.4, -0.2) is 10.1 Å². The normalized spacial score (nSPS) is 10.5. The highest BCUT2D eigenvalue weighted by Gasteiger charge is 2.05. The van der Waals surface area contributed by atoms with Crippen LogP contribution in [-0.2, 0) is 6.42 Å². The highest BCUT2D eigenvalue weighted by Crippen LogP contribution is 2.17. The minimum atomic E-state index is -0.609. The molecule has 0 amide bonds. The molecule has 78 valence electrons. The van der Waals surface area contributed by atoms with E-state index >= 15 is 0 Å². The number of H-pyrrole nitrogens is 1. The zero-order valence-corrected chi connectivity index (χ0v) is 9.04. The first-order valence-corrected chi connectivity index (χ1v) is 4.93. The van der Waals surface area contributed by atoms with Crippen LogP contribution >= 0.6 is 15.9 Å². The van der Waals surface area contributed by atoms with Gasteiger partial charge in [-0.3, -0.25) is 9.51 Å². The molecule has 4 nitrogen and oxygen atoms in total. The Morgan fingerprint density at radius 1 is 1.53 bits per heavy atom. The summed E-state index contributed by atoms with van der Waals surface area (Å²) in [7, 11) is 0. The van der Waals surface area contributed by atoms with Gasteiger partial charge in [0.2, 0.25) is 0 Å². The Hall–Kier alpha value is -1.43. The standard InChI is InChI=1S/C9H6BrFN2O2/c10-6-2-1-5(3-7(6)11)4-8-12-9(14)15-13-8/h1-3H,4H2,(H,12,13,14). The first-order chi connectivity index (χ1) is 7.15. The summed E-state index contributed by atoms with van der Waals surface area (Å²) in [6, 6.07) is 4.71. The quantitative estimate of drug-likeness (QED) is 0.908. The number of nitrogens with one attached hydrogen (secondary N) is 1. The van der Waals surface area contributed by atoms with E-state index in [9.17, 15) is 9.18 Å². The number of nitrogens with zero attached hydrogens (tertiary/aromatic N) is 1. The molecule has 1 heterocycles. The number of aromatic nitrogens is 2. The molecule has 0 aliphatic heterocycles. The van der Waals surface area contributed by atoms with Crippen LogP contribution in [0.2, 0.25) is 0 Å². The van der Waals surface area contributed by atoms with Crippen molar-refractivity contribution in [1.82, 2.24) is 10.1 Å². The van der Waals surface area contributed by atoms with Crippen LogP contribution in [0.4, 0.5) is 4.39 Å². The second-order valence-corrected chi connectivity index (χ2v) is 3.82. The fourth-order valence-corrected chi connectivity index (χ4v) is 1.43. The van der Waals surface area contributed by atoms with Crippen LogP contribution in [0.1, 0.15) is 11.4 Å². The molecule has 0 aliphatic carbocycles. The van der Waals surface area contributed by atoms with Gasteiger partial charge in [0, 0.05) is 6.42 Å². The van der Waals surface area contributed by atoms with E-state index < -0.39 is 5.76 Å². The van der Waals surface area contributed by atoms with Crippen molar-refractivity contribution in [3.05, 3.63) is 50.4 Å². The summed E-state index contributed by atoms with van der Waals surface area (Å²) in [6.45, 7) is 0. The van der Waals surface area contributed by atoms with Gasteiger partial charge in [0.15, 0.2) is 5.82 Å². The Morgan fingerprint density at radius 3 is 2.93 bits per heavy atom. The van der Waals surface area contributed by atoms with E-state index in [4.69, 9.17) is 0 Å². The number of benzene rings is 1. The summed E-state index contributed by atoms with van der Waals surface area (Å²) >= 11 is 3.05. The predicted octanol–water partition coefficient (Wildman–Crippen LogP) is 1.86. The van der Waals surface area contributed by atoms with Crippen molar-refractivity contribution in [3.63, 3.8) is 0 Å². The second kappa shape index (κ2) is 3.98. The third-order valence-corrected chi connectivity index (χ3v) is 2.48. The van der Waals surface area contributed by atoms with Gasteiger partial charge in [-0.15, -0.1) is 0 Å². The number of aromatic amines is 1. The summed E-state index contributed by atoms with van der Waals surface area (Å²) < 4.78 is 17.9. The average Bonchev–Trinajstić information content (AvgIpc) is 2.58. The van der Waals surface area contributed by atoms with Crippen LogP contribution in [0.25, 0.3) is 0 Å². The Balaban J connectivity index is 2.24. The molecule has 2 aromatic rings. The molecule has 1 aromatic heterocycles. The largest absolute Gasteiger partial charge is 0.438 e. The zero-order valence-electron chi connectivity index (χ0n) is 7.46. The lowest BCUT2D eigenvalue weighted by Gasteiger charge is -1.98. The third kappa shape index (κ3) is 2.33. The van der Waals surface area contributed by atoms with Crippen LogP contribution < -0.4 is 5.76 Å². The summed E-state index contributed by atoms with van der Waals surface area (Å²) in [5.74, 6) is -0.581. The molecule has 6 heteroatoms. The van der Waals surface area contributed by atoms with Crippen molar-refractivity contribution in [2.45, 2.75) is 6.42 Å². The van der Waals surface area contributed by atoms with E-state index in [1.165, 1.54) is 6.07 Å². The van der Waals surface area contributed by atoms with Crippen LogP contribution in [0.5, 0.6) is 0 Å². The number of hydrogen-bond donors (Lipinski definition) is 1. The molecule has 0 radical (unpaired) electrons. The van der Waals surface area contributed by atoms with E-state index in [0.717, 1.165) is 0 Å². The lowest BCUT2D eigenvalue weighted by atomic mass is 10.1. The van der Waals surface area contributed by atoms with Gasteiger partial charge in [0.25, 0.3) is 0 Å². The van der Waals surface area contributed by atoms with E-state index in [0.29, 0.717) is 22.3 Å². The first kappa shape index (κ1) is 10.1. The molecule has 1 aromatic carbocycles. The van der Waals surface area contributed by atoms with Gasteiger partial charge in [-0.2, -0.15) is 0 Å². The molecule has 1 N–H and O–H groups in total. The smallest absolute Gasteiger partial charge is 0.296 e. The lowest BCUT2D eigenvalue weighted by Crippen LogP contribution is -1.98. The minimum Gasteiger partial charge on any atom is -0.296 e. The molecule has 2 rings (SSSR count). The second-order valence-electron chi connectivity index (χ2n) is 2.97. The zero-order chi connectivity index (χ0) is 10.8. The third-order valence-electron chi connectivity index (χ3n) is 1.84. The molecule has 0 spiro atoms. The van der Waals surface area contributed by atoms with Gasteiger partial charge in [-0.25, -0.2) is 9.18 Å². The summed E-state index contributed by atoms with van der Waals surface area (Å²) in [6.07, 6.45) is 0.329. The molecule has 0 saturated carbocycles. The van der Waals surface area contributed by atoms with E-state index in [1.54, 1.807) is 12.1 Å². The molecule has 0 unspecified atom stereocenters. The van der Waals surface area contributed by atoms with Crippen molar-refractivity contribution in [2.24, 2.45) is 0 Å². The van der Waals surface area contributed by atoms with Gasteiger partial charge in [-0.1, -0.05) is 11.2 Å². The Kier molecular flexibility index (Phi) is 2.68. The monoisotopic (exact) mass is 272 g/mol. The fraction of sp³-hybridized carbons (Fsp3) is 0.111. The van der Waals surface area contributed by atoms with Crippen molar-refractivity contribution in [2.75, 3.05) is 0 Å². The predicted molar refractivity (Wildman–Crippen MR) is 54.0 cm³/mol. The highest BCUT2D eigenvalue weighted by atomic mass is 79.9. The van der Waals surface area contributed by atoms with Crippen molar-refractivity contribution < 1.29 is 8.91 Å². The average molecular weight is 273 g/mol. The van der Waals surface area contributed by atoms with E-state index in [-0.39, 0.29) is 5.82 Å². The molecule has 15 heavy (non-hydrogen) atoms. The maximum atomic E-state index is 13.1. The van der Waals surface area contributed by atoms with Gasteiger partial charge in [0.05, 0.1) is 4.47 Å². The van der Waals surface area contributed by atoms with Crippen LogP contribution in [0, 0.1) is 5.82 Å². The van der Waals surface area contributed by atoms with Crippen molar-refractivity contribution >= 4 is 15.9 Å². The van der Waals surface area contributed by atoms with Crippen LogP contribution in [0.15, 0.2) is 32.0 Å². The van der Waals surface area contributed by atoms with E-state index in [1.807, 2.05) is 0 Å². The minimum absolute atomic E-state index is 0.329. The molecule has 0 fully saturated rings. The molecular formula is C9H6BrFN2O2. The van der Waals surface area contributed by atoms with Crippen molar-refractivity contribution in [3.8, 4) is 0 Å². The summed E-state index contributed by atoms with van der Waals surface area (Å²) in [4.78, 5) is 13.0. The summed E-state index contributed by atoms with van der Waals surface area (Å²) in [5, 5.41) is 3.49. The molecule has 0 aliphatic rings. The van der Waals surface area contributed by atoms with E-state index in [2.05, 4.69) is 30.6 Å². The SMILES string of the molecule is O=c1[nH]c(Cc2ccc(Br)c(F)c2)no1. The maximum absolute atomic E-state index is 13.1. The maximum Gasteiger partial charge on any atom is 0.438 e. The van der Waals surface area contributed by atoms with Gasteiger partial charge >= 0.3 is 5.76 Å². The number of hydrogen-bond acceptors (Lipinski definition) is 3.